The molecule has 0 bridgehead atoms. The summed E-state index contributed by atoms with van der Waals surface area (Å²) in [5.74, 6) is -0.991. The fourth-order valence-corrected chi connectivity index (χ4v) is 2.10. The molecule has 8 nitrogen and oxygen atoms in total. The summed E-state index contributed by atoms with van der Waals surface area (Å²) in [7, 11) is 1.68. The lowest BCUT2D eigenvalue weighted by Crippen LogP contribution is -2.46. The van der Waals surface area contributed by atoms with Crippen LogP contribution < -0.4 is 5.32 Å². The van der Waals surface area contributed by atoms with E-state index in [0.29, 0.717) is 32.7 Å². The van der Waals surface area contributed by atoms with Gasteiger partial charge in [0.15, 0.2) is 0 Å². The van der Waals surface area contributed by atoms with Gasteiger partial charge in [0.05, 0.1) is 13.1 Å². The molecule has 0 aliphatic carbocycles. The maximum absolute atomic E-state index is 12.0. The van der Waals surface area contributed by atoms with Gasteiger partial charge in [-0.15, -0.1) is 0 Å². The third-order valence-electron chi connectivity index (χ3n) is 3.53. The van der Waals surface area contributed by atoms with Gasteiger partial charge in [0, 0.05) is 39.8 Å². The van der Waals surface area contributed by atoms with E-state index in [1.165, 1.54) is 4.90 Å². The molecule has 1 rings (SSSR count). The van der Waals surface area contributed by atoms with Crippen LogP contribution in [0.4, 0.5) is 4.79 Å². The maximum Gasteiger partial charge on any atom is 0.317 e. The average Bonchev–Trinajstić information content (AvgIpc) is 2.68. The van der Waals surface area contributed by atoms with Gasteiger partial charge >= 0.3 is 12.0 Å². The van der Waals surface area contributed by atoms with Crippen molar-refractivity contribution in [3.8, 4) is 0 Å². The zero-order valence-electron chi connectivity index (χ0n) is 12.7. The van der Waals surface area contributed by atoms with Gasteiger partial charge in [-0.25, -0.2) is 4.79 Å². The molecule has 0 atom stereocenters. The minimum atomic E-state index is -0.860. The van der Waals surface area contributed by atoms with E-state index in [9.17, 15) is 14.4 Å². The summed E-state index contributed by atoms with van der Waals surface area (Å²) in [4.78, 5) is 39.3. The first kappa shape index (κ1) is 17.2. The number of carbonyl (C=O) groups is 3. The molecule has 0 radical (unpaired) electrons. The minimum Gasteiger partial charge on any atom is -0.480 e. The summed E-state index contributed by atoms with van der Waals surface area (Å²) in [6.45, 7) is 4.68. The van der Waals surface area contributed by atoms with Crippen LogP contribution in [-0.4, -0.2) is 90.6 Å². The van der Waals surface area contributed by atoms with Gasteiger partial charge in [-0.2, -0.15) is 0 Å². The van der Waals surface area contributed by atoms with Crippen LogP contribution in [0.2, 0.25) is 0 Å². The Labute approximate surface area is 124 Å². The summed E-state index contributed by atoms with van der Waals surface area (Å²) >= 11 is 0. The van der Waals surface area contributed by atoms with Gasteiger partial charge in [-0.1, -0.05) is 0 Å². The third-order valence-corrected chi connectivity index (χ3v) is 3.53. The van der Waals surface area contributed by atoms with Crippen molar-refractivity contribution in [3.63, 3.8) is 0 Å². The summed E-state index contributed by atoms with van der Waals surface area (Å²) in [6.07, 6.45) is 0.726. The van der Waals surface area contributed by atoms with Crippen molar-refractivity contribution in [2.75, 3.05) is 52.9 Å². The Kier molecular flexibility index (Phi) is 6.93. The van der Waals surface area contributed by atoms with Crippen molar-refractivity contribution < 1.29 is 19.5 Å². The molecule has 1 saturated heterocycles. The van der Waals surface area contributed by atoms with Crippen LogP contribution in [0, 0.1) is 0 Å². The first-order chi connectivity index (χ1) is 9.93. The number of aliphatic carboxylic acids is 1. The fourth-order valence-electron chi connectivity index (χ4n) is 2.10. The van der Waals surface area contributed by atoms with E-state index in [0.717, 1.165) is 6.42 Å². The number of nitrogens with one attached hydrogen (secondary N) is 1. The van der Waals surface area contributed by atoms with Crippen LogP contribution >= 0.6 is 0 Å². The average molecular weight is 300 g/mol. The first-order valence-electron chi connectivity index (χ1n) is 7.15. The van der Waals surface area contributed by atoms with Crippen molar-refractivity contribution in [2.45, 2.75) is 13.3 Å². The van der Waals surface area contributed by atoms with Gasteiger partial charge in [-0.3, -0.25) is 14.5 Å². The lowest BCUT2D eigenvalue weighted by Gasteiger charge is -2.22. The Morgan fingerprint density at radius 2 is 1.90 bits per heavy atom. The summed E-state index contributed by atoms with van der Waals surface area (Å²) in [6, 6.07) is -0.273. The van der Waals surface area contributed by atoms with E-state index < -0.39 is 5.97 Å². The molecule has 120 valence electrons. The number of hydrogen-bond acceptors (Lipinski definition) is 4. The highest BCUT2D eigenvalue weighted by atomic mass is 16.4. The molecule has 0 spiro atoms. The molecule has 0 aromatic rings. The zero-order valence-corrected chi connectivity index (χ0v) is 12.7. The monoisotopic (exact) mass is 300 g/mol. The van der Waals surface area contributed by atoms with E-state index in [1.54, 1.807) is 11.9 Å². The number of urea groups is 1. The largest absolute Gasteiger partial charge is 0.480 e. The molecule has 1 aliphatic heterocycles. The summed E-state index contributed by atoms with van der Waals surface area (Å²) < 4.78 is 0. The molecule has 8 heteroatoms. The molecule has 3 amide bonds. The quantitative estimate of drug-likeness (QED) is 0.698. The van der Waals surface area contributed by atoms with Gasteiger partial charge in [0.1, 0.15) is 0 Å². The Hall–Kier alpha value is -1.83. The van der Waals surface area contributed by atoms with Crippen molar-refractivity contribution in [3.05, 3.63) is 0 Å². The molecule has 2 N–H and O–H groups in total. The maximum atomic E-state index is 12.0. The third kappa shape index (κ3) is 5.99. The number of hydrogen-bond donors (Lipinski definition) is 2. The number of likely N-dealkylation sites (N-methyl/N-ethyl adjacent to an activating group) is 1. The number of carbonyl (C=O) groups excluding carboxylic acids is 2. The second-order valence-corrected chi connectivity index (χ2v) is 5.08. The molecule has 1 heterocycles. The highest BCUT2D eigenvalue weighted by Crippen LogP contribution is 2.03. The van der Waals surface area contributed by atoms with Crippen molar-refractivity contribution >= 4 is 17.9 Å². The van der Waals surface area contributed by atoms with Crippen LogP contribution in [0.25, 0.3) is 0 Å². The second-order valence-electron chi connectivity index (χ2n) is 5.08. The predicted octanol–water partition coefficient (Wildman–Crippen LogP) is -0.733. The van der Waals surface area contributed by atoms with E-state index in [2.05, 4.69) is 5.32 Å². The van der Waals surface area contributed by atoms with Crippen LogP contribution in [0.1, 0.15) is 13.3 Å². The van der Waals surface area contributed by atoms with E-state index >= 15 is 0 Å². The summed E-state index contributed by atoms with van der Waals surface area (Å²) in [5.41, 5.74) is 0. The van der Waals surface area contributed by atoms with Gasteiger partial charge in [0.25, 0.3) is 0 Å². The van der Waals surface area contributed by atoms with Gasteiger partial charge in [-0.05, 0) is 13.3 Å². The number of nitrogens with zero attached hydrogens (tertiary/aromatic N) is 3. The van der Waals surface area contributed by atoms with Gasteiger partial charge < -0.3 is 20.2 Å². The number of carboxylic acid groups (broad SMARTS) is 1. The zero-order chi connectivity index (χ0) is 15.8. The number of rotatable bonds is 5. The van der Waals surface area contributed by atoms with Gasteiger partial charge in [0.2, 0.25) is 5.91 Å². The molecule has 0 aromatic carbocycles. The highest BCUT2D eigenvalue weighted by molar-refractivity contribution is 5.83. The standard InChI is InChI=1S/C13H24N4O4/c1-3-15(2)11(18)9-14-13(21)17-6-4-5-16(7-8-17)10-12(19)20/h3-10H2,1-2H3,(H,14,21)(H,19,20). The summed E-state index contributed by atoms with van der Waals surface area (Å²) in [5, 5.41) is 11.4. The molecular formula is C13H24N4O4. The van der Waals surface area contributed by atoms with Crippen LogP contribution in [0.3, 0.4) is 0 Å². The van der Waals surface area contributed by atoms with Crippen LogP contribution in [0.5, 0.6) is 0 Å². The smallest absolute Gasteiger partial charge is 0.317 e. The second kappa shape index (κ2) is 8.46. The Balaban J connectivity index is 2.38. The lowest BCUT2D eigenvalue weighted by molar-refractivity contribution is -0.138. The minimum absolute atomic E-state index is 0.00472. The van der Waals surface area contributed by atoms with E-state index in [4.69, 9.17) is 5.11 Å². The number of amides is 3. The van der Waals surface area contributed by atoms with Crippen molar-refractivity contribution in [1.82, 2.24) is 20.0 Å². The topological polar surface area (TPSA) is 93.2 Å². The first-order valence-corrected chi connectivity index (χ1v) is 7.15. The molecule has 1 aliphatic rings. The Bertz CT molecular complexity index is 388. The Morgan fingerprint density at radius 1 is 1.19 bits per heavy atom. The Morgan fingerprint density at radius 3 is 2.52 bits per heavy atom. The molecule has 0 unspecified atom stereocenters. The highest BCUT2D eigenvalue weighted by Gasteiger charge is 2.20. The van der Waals surface area contributed by atoms with Crippen molar-refractivity contribution in [2.24, 2.45) is 0 Å². The number of carboxylic acids is 1. The normalized spacial score (nSPS) is 16.2. The predicted molar refractivity (Wildman–Crippen MR) is 77.0 cm³/mol. The van der Waals surface area contributed by atoms with E-state index in [1.807, 2.05) is 11.8 Å². The molecule has 1 fully saturated rings. The van der Waals surface area contributed by atoms with Crippen LogP contribution in [0.15, 0.2) is 0 Å². The van der Waals surface area contributed by atoms with Crippen LogP contribution in [-0.2, 0) is 9.59 Å². The fraction of sp³-hybridized carbons (Fsp3) is 0.769. The molecular weight excluding hydrogens is 276 g/mol. The van der Waals surface area contributed by atoms with E-state index in [-0.39, 0.29) is 25.0 Å². The molecule has 21 heavy (non-hydrogen) atoms. The molecule has 0 saturated carbocycles. The lowest BCUT2D eigenvalue weighted by atomic mass is 10.4. The molecule has 0 aromatic heterocycles. The SMILES string of the molecule is CCN(C)C(=O)CNC(=O)N1CCCN(CC(=O)O)CC1. The van der Waals surface area contributed by atoms with Crippen molar-refractivity contribution in [1.29, 1.82) is 0 Å².